The SMILES string of the molecule is Cl.N[C@H]1CCc2ccccc2C[C@H]1O. The van der Waals surface area contributed by atoms with Gasteiger partial charge in [-0.05, 0) is 24.0 Å². The van der Waals surface area contributed by atoms with E-state index in [4.69, 9.17) is 5.73 Å². The molecule has 1 aromatic rings. The summed E-state index contributed by atoms with van der Waals surface area (Å²) in [5.74, 6) is 0. The zero-order valence-corrected chi connectivity index (χ0v) is 8.83. The van der Waals surface area contributed by atoms with E-state index in [9.17, 15) is 5.11 Å². The second-order valence-corrected chi connectivity index (χ2v) is 3.74. The normalized spacial score (nSPS) is 25.9. The zero-order chi connectivity index (χ0) is 9.26. The summed E-state index contributed by atoms with van der Waals surface area (Å²) >= 11 is 0. The molecule has 0 aromatic heterocycles. The summed E-state index contributed by atoms with van der Waals surface area (Å²) in [5.41, 5.74) is 8.40. The summed E-state index contributed by atoms with van der Waals surface area (Å²) in [6.07, 6.45) is 2.22. The Hall–Kier alpha value is -0.570. The van der Waals surface area contributed by atoms with Crippen molar-refractivity contribution in [3.63, 3.8) is 0 Å². The fourth-order valence-corrected chi connectivity index (χ4v) is 1.89. The van der Waals surface area contributed by atoms with Crippen molar-refractivity contribution in [2.75, 3.05) is 0 Å². The first-order valence-corrected chi connectivity index (χ1v) is 4.78. The molecule has 0 saturated heterocycles. The number of nitrogens with two attached hydrogens (primary N) is 1. The van der Waals surface area contributed by atoms with Crippen LogP contribution in [0.2, 0.25) is 0 Å². The summed E-state index contributed by atoms with van der Waals surface area (Å²) in [7, 11) is 0. The first kappa shape index (κ1) is 11.5. The molecule has 14 heavy (non-hydrogen) atoms. The minimum atomic E-state index is -0.372. The van der Waals surface area contributed by atoms with Crippen LogP contribution in [0.4, 0.5) is 0 Å². The van der Waals surface area contributed by atoms with Gasteiger partial charge in [0.15, 0.2) is 0 Å². The highest BCUT2D eigenvalue weighted by atomic mass is 35.5. The molecule has 0 fully saturated rings. The molecule has 0 saturated carbocycles. The molecule has 78 valence electrons. The van der Waals surface area contributed by atoms with Gasteiger partial charge in [-0.3, -0.25) is 0 Å². The van der Waals surface area contributed by atoms with Crippen LogP contribution in [0.5, 0.6) is 0 Å². The zero-order valence-electron chi connectivity index (χ0n) is 8.02. The molecular formula is C11H16ClNO. The lowest BCUT2D eigenvalue weighted by Crippen LogP contribution is -2.35. The van der Waals surface area contributed by atoms with Crippen molar-refractivity contribution in [2.24, 2.45) is 5.73 Å². The molecule has 0 aliphatic heterocycles. The van der Waals surface area contributed by atoms with E-state index in [-0.39, 0.29) is 24.6 Å². The van der Waals surface area contributed by atoms with E-state index < -0.39 is 0 Å². The monoisotopic (exact) mass is 213 g/mol. The van der Waals surface area contributed by atoms with E-state index >= 15 is 0 Å². The number of hydrogen-bond donors (Lipinski definition) is 2. The fourth-order valence-electron chi connectivity index (χ4n) is 1.89. The van der Waals surface area contributed by atoms with Crippen molar-refractivity contribution in [2.45, 2.75) is 31.4 Å². The molecule has 0 amide bonds. The Morgan fingerprint density at radius 2 is 1.86 bits per heavy atom. The van der Waals surface area contributed by atoms with E-state index in [1.54, 1.807) is 0 Å². The summed E-state index contributed by atoms with van der Waals surface area (Å²) < 4.78 is 0. The van der Waals surface area contributed by atoms with Crippen molar-refractivity contribution in [3.05, 3.63) is 35.4 Å². The Kier molecular flexibility index (Phi) is 3.93. The quantitative estimate of drug-likeness (QED) is 0.638. The van der Waals surface area contributed by atoms with Crippen LogP contribution in [0, 0.1) is 0 Å². The molecule has 0 radical (unpaired) electrons. The Bertz CT molecular complexity index is 303. The van der Waals surface area contributed by atoms with Crippen LogP contribution in [0.3, 0.4) is 0 Å². The summed E-state index contributed by atoms with van der Waals surface area (Å²) in [6, 6.07) is 8.20. The van der Waals surface area contributed by atoms with Gasteiger partial charge in [0.2, 0.25) is 0 Å². The maximum absolute atomic E-state index is 9.68. The van der Waals surface area contributed by atoms with Gasteiger partial charge in [0.25, 0.3) is 0 Å². The molecule has 1 aliphatic carbocycles. The van der Waals surface area contributed by atoms with Gasteiger partial charge in [-0.2, -0.15) is 0 Å². The van der Waals surface area contributed by atoms with Gasteiger partial charge >= 0.3 is 0 Å². The molecule has 0 bridgehead atoms. The topological polar surface area (TPSA) is 46.2 Å². The maximum atomic E-state index is 9.68. The van der Waals surface area contributed by atoms with Crippen molar-refractivity contribution in [1.29, 1.82) is 0 Å². The van der Waals surface area contributed by atoms with Crippen molar-refractivity contribution >= 4 is 12.4 Å². The number of rotatable bonds is 0. The van der Waals surface area contributed by atoms with E-state index in [0.29, 0.717) is 6.42 Å². The van der Waals surface area contributed by atoms with Gasteiger partial charge in [-0.1, -0.05) is 24.3 Å². The molecule has 1 aromatic carbocycles. The lowest BCUT2D eigenvalue weighted by molar-refractivity contribution is 0.144. The van der Waals surface area contributed by atoms with E-state index in [0.717, 1.165) is 12.8 Å². The second-order valence-electron chi connectivity index (χ2n) is 3.74. The second kappa shape index (κ2) is 4.78. The number of aliphatic hydroxyl groups is 1. The van der Waals surface area contributed by atoms with Crippen LogP contribution in [-0.2, 0) is 12.8 Å². The van der Waals surface area contributed by atoms with Gasteiger partial charge in [0.1, 0.15) is 0 Å². The third-order valence-electron chi connectivity index (χ3n) is 2.79. The van der Waals surface area contributed by atoms with Gasteiger partial charge in [0, 0.05) is 12.5 Å². The molecule has 3 N–H and O–H groups in total. The van der Waals surface area contributed by atoms with Crippen molar-refractivity contribution in [1.82, 2.24) is 0 Å². The molecule has 2 nitrogen and oxygen atoms in total. The smallest absolute Gasteiger partial charge is 0.0731 e. The minimum Gasteiger partial charge on any atom is -0.391 e. The first-order chi connectivity index (χ1) is 6.27. The molecule has 0 heterocycles. The Balaban J connectivity index is 0.000000980. The van der Waals surface area contributed by atoms with E-state index in [1.165, 1.54) is 11.1 Å². The average Bonchev–Trinajstić information content (AvgIpc) is 2.28. The predicted octanol–water partition coefficient (Wildman–Crippen LogP) is 1.29. The standard InChI is InChI=1S/C11H15NO.ClH/c12-10-6-5-8-3-1-2-4-9(8)7-11(10)13;/h1-4,10-11,13H,5-7,12H2;1H/t10-,11+;/m0./s1. The van der Waals surface area contributed by atoms with Gasteiger partial charge < -0.3 is 10.8 Å². The van der Waals surface area contributed by atoms with Crippen LogP contribution in [0.1, 0.15) is 17.5 Å². The molecule has 0 unspecified atom stereocenters. The largest absolute Gasteiger partial charge is 0.391 e. The highest BCUT2D eigenvalue weighted by Gasteiger charge is 2.20. The number of benzene rings is 1. The Labute approximate surface area is 90.5 Å². The molecular weight excluding hydrogens is 198 g/mol. The number of aliphatic hydroxyl groups excluding tert-OH is 1. The van der Waals surface area contributed by atoms with Gasteiger partial charge in [0.05, 0.1) is 6.10 Å². The molecule has 3 heteroatoms. The predicted molar refractivity (Wildman–Crippen MR) is 59.7 cm³/mol. The minimum absolute atomic E-state index is 0. The van der Waals surface area contributed by atoms with E-state index in [2.05, 4.69) is 12.1 Å². The Morgan fingerprint density at radius 1 is 1.21 bits per heavy atom. The highest BCUT2D eigenvalue weighted by Crippen LogP contribution is 2.19. The summed E-state index contributed by atoms with van der Waals surface area (Å²) in [6.45, 7) is 0. The van der Waals surface area contributed by atoms with Crippen LogP contribution in [0.15, 0.2) is 24.3 Å². The van der Waals surface area contributed by atoms with Crippen molar-refractivity contribution in [3.8, 4) is 0 Å². The van der Waals surface area contributed by atoms with Crippen LogP contribution in [-0.4, -0.2) is 17.3 Å². The third kappa shape index (κ3) is 2.27. The van der Waals surface area contributed by atoms with E-state index in [1.807, 2.05) is 12.1 Å². The number of aryl methyl sites for hydroxylation is 1. The molecule has 0 spiro atoms. The third-order valence-corrected chi connectivity index (χ3v) is 2.79. The maximum Gasteiger partial charge on any atom is 0.0731 e. The molecule has 2 rings (SSSR count). The van der Waals surface area contributed by atoms with Gasteiger partial charge in [-0.15, -0.1) is 12.4 Å². The number of halogens is 1. The fraction of sp³-hybridized carbons (Fsp3) is 0.455. The summed E-state index contributed by atoms with van der Waals surface area (Å²) in [5, 5.41) is 9.68. The number of hydrogen-bond acceptors (Lipinski definition) is 2. The van der Waals surface area contributed by atoms with Crippen molar-refractivity contribution < 1.29 is 5.11 Å². The Morgan fingerprint density at radius 3 is 2.57 bits per heavy atom. The first-order valence-electron chi connectivity index (χ1n) is 4.78. The lowest BCUT2D eigenvalue weighted by atomic mass is 10.0. The molecule has 1 aliphatic rings. The van der Waals surface area contributed by atoms with Crippen LogP contribution in [0.25, 0.3) is 0 Å². The highest BCUT2D eigenvalue weighted by molar-refractivity contribution is 5.85. The van der Waals surface area contributed by atoms with Crippen LogP contribution >= 0.6 is 12.4 Å². The average molecular weight is 214 g/mol. The number of fused-ring (bicyclic) bond motifs is 1. The lowest BCUT2D eigenvalue weighted by Gasteiger charge is -2.14. The van der Waals surface area contributed by atoms with Crippen LogP contribution < -0.4 is 5.73 Å². The summed E-state index contributed by atoms with van der Waals surface area (Å²) in [4.78, 5) is 0. The van der Waals surface area contributed by atoms with Gasteiger partial charge in [-0.25, -0.2) is 0 Å². The molecule has 2 atom stereocenters.